The molecule has 0 aliphatic rings. The number of aliphatic hydroxyl groups is 1. The van der Waals surface area contributed by atoms with Crippen molar-refractivity contribution in [2.24, 2.45) is 0 Å². The third kappa shape index (κ3) is 6.89. The molecule has 0 amide bonds. The summed E-state index contributed by atoms with van der Waals surface area (Å²) in [6.45, 7) is 1.10. The molecular formula is C15H21BrF3NO2. The minimum absolute atomic E-state index is 0. The second-order valence-corrected chi connectivity index (χ2v) is 5.68. The number of alkyl halides is 3. The number of halogens is 4. The highest BCUT2D eigenvalue weighted by Crippen LogP contribution is 2.23. The molecule has 0 bridgehead atoms. The van der Waals surface area contributed by atoms with E-state index in [9.17, 15) is 18.0 Å². The zero-order valence-corrected chi connectivity index (χ0v) is 13.0. The fourth-order valence-corrected chi connectivity index (χ4v) is 2.16. The van der Waals surface area contributed by atoms with Gasteiger partial charge in [-0.3, -0.25) is 4.79 Å². The van der Waals surface area contributed by atoms with Crippen molar-refractivity contribution in [1.82, 2.24) is 5.32 Å². The normalized spacial score (nSPS) is 14.1. The van der Waals surface area contributed by atoms with E-state index in [1.807, 2.05) is 12.1 Å². The second-order valence-electron chi connectivity index (χ2n) is 4.76. The van der Waals surface area contributed by atoms with E-state index in [-0.39, 0.29) is 25.7 Å². The lowest BCUT2D eigenvalue weighted by molar-refractivity contribution is -0.201. The van der Waals surface area contributed by atoms with Crippen molar-refractivity contribution in [2.45, 2.75) is 39.0 Å². The van der Waals surface area contributed by atoms with Crippen LogP contribution in [-0.4, -0.2) is 36.3 Å². The van der Waals surface area contributed by atoms with Crippen molar-refractivity contribution in [3.63, 3.8) is 0 Å². The Hall–Kier alpha value is -0.920. The quantitative estimate of drug-likeness (QED) is 0.706. The number of carbonyl (C=O) groups is 1. The van der Waals surface area contributed by atoms with Gasteiger partial charge in [0.2, 0.25) is 0 Å². The van der Waals surface area contributed by atoms with E-state index in [1.165, 1.54) is 6.92 Å². The summed E-state index contributed by atoms with van der Waals surface area (Å²) < 4.78 is 37.2. The first-order valence-corrected chi connectivity index (χ1v) is 7.22. The molecule has 3 nitrogen and oxygen atoms in total. The van der Waals surface area contributed by atoms with Crippen LogP contribution in [0.5, 0.6) is 0 Å². The highest BCUT2D eigenvalue weighted by Gasteiger charge is 2.37. The molecule has 1 aromatic carbocycles. The van der Waals surface area contributed by atoms with Crippen LogP contribution in [0, 0.1) is 0 Å². The summed E-state index contributed by atoms with van der Waals surface area (Å²) in [5, 5.41) is 11.4. The van der Waals surface area contributed by atoms with Gasteiger partial charge in [-0.15, -0.1) is 0 Å². The molecule has 0 spiro atoms. The van der Waals surface area contributed by atoms with Gasteiger partial charge in [0.15, 0.2) is 6.10 Å². The number of ketones is 1. The van der Waals surface area contributed by atoms with Crippen LogP contribution in [0.25, 0.3) is 0 Å². The van der Waals surface area contributed by atoms with E-state index in [0.717, 1.165) is 10.0 Å². The van der Waals surface area contributed by atoms with Gasteiger partial charge in [-0.05, 0) is 37.6 Å². The summed E-state index contributed by atoms with van der Waals surface area (Å²) in [5.41, 5.74) is 0.823. The van der Waals surface area contributed by atoms with Crippen LogP contribution in [0.4, 0.5) is 13.2 Å². The molecule has 0 saturated heterocycles. The van der Waals surface area contributed by atoms with Crippen LogP contribution >= 0.6 is 15.9 Å². The first kappa shape index (κ1) is 21.1. The minimum atomic E-state index is -4.63. The molecule has 0 aliphatic carbocycles. The van der Waals surface area contributed by atoms with E-state index in [2.05, 4.69) is 21.2 Å². The molecule has 2 atom stereocenters. The van der Waals surface area contributed by atoms with E-state index >= 15 is 0 Å². The summed E-state index contributed by atoms with van der Waals surface area (Å²) in [6.07, 6.45) is -6.64. The van der Waals surface area contributed by atoms with Crippen LogP contribution < -0.4 is 5.32 Å². The molecule has 0 radical (unpaired) electrons. The van der Waals surface area contributed by atoms with E-state index in [0.29, 0.717) is 6.42 Å². The van der Waals surface area contributed by atoms with Gasteiger partial charge in [0.25, 0.3) is 0 Å². The molecule has 2 unspecified atom stereocenters. The second kappa shape index (κ2) is 9.27. The SMILES string of the molecule is C.CC(=O)C(CCNCC(O)C(F)(F)F)c1ccc(Br)cc1. The standard InChI is InChI=1S/C14H17BrF3NO2.CH4/c1-9(20)12(10-2-4-11(15)5-3-10)6-7-19-8-13(21)14(16,17)18;/h2-5,12-13,19,21H,6-8H2,1H3;1H4. The third-order valence-corrected chi connectivity index (χ3v) is 3.62. The smallest absolute Gasteiger partial charge is 0.382 e. The van der Waals surface area contributed by atoms with E-state index in [1.54, 1.807) is 12.1 Å². The van der Waals surface area contributed by atoms with Gasteiger partial charge in [0.05, 0.1) is 0 Å². The highest BCUT2D eigenvalue weighted by molar-refractivity contribution is 9.10. The summed E-state index contributed by atoms with van der Waals surface area (Å²) in [7, 11) is 0. The molecule has 7 heteroatoms. The van der Waals surface area contributed by atoms with Gasteiger partial charge in [-0.25, -0.2) is 0 Å². The van der Waals surface area contributed by atoms with Gasteiger partial charge >= 0.3 is 6.18 Å². The first-order chi connectivity index (χ1) is 9.71. The molecule has 0 fully saturated rings. The lowest BCUT2D eigenvalue weighted by Crippen LogP contribution is -2.39. The largest absolute Gasteiger partial charge is 0.415 e. The van der Waals surface area contributed by atoms with Gasteiger partial charge < -0.3 is 10.4 Å². The summed E-state index contributed by atoms with van der Waals surface area (Å²) in [4.78, 5) is 11.6. The minimum Gasteiger partial charge on any atom is -0.382 e. The summed E-state index contributed by atoms with van der Waals surface area (Å²) in [6, 6.07) is 7.24. The maximum absolute atomic E-state index is 12.1. The average molecular weight is 384 g/mol. The maximum atomic E-state index is 12.1. The first-order valence-electron chi connectivity index (χ1n) is 6.43. The van der Waals surface area contributed by atoms with E-state index in [4.69, 9.17) is 5.11 Å². The van der Waals surface area contributed by atoms with Crippen molar-refractivity contribution in [2.75, 3.05) is 13.1 Å². The Balaban J connectivity index is 0.00000441. The van der Waals surface area contributed by atoms with Crippen LogP contribution in [0.2, 0.25) is 0 Å². The van der Waals surface area contributed by atoms with Gasteiger partial charge in [0, 0.05) is 16.9 Å². The number of aliphatic hydroxyl groups excluding tert-OH is 1. The number of nitrogens with one attached hydrogen (secondary N) is 1. The number of hydrogen-bond donors (Lipinski definition) is 2. The van der Waals surface area contributed by atoms with Crippen LogP contribution in [0.15, 0.2) is 28.7 Å². The van der Waals surface area contributed by atoms with Crippen molar-refractivity contribution >= 4 is 21.7 Å². The zero-order chi connectivity index (χ0) is 16.0. The maximum Gasteiger partial charge on any atom is 0.415 e. The van der Waals surface area contributed by atoms with E-state index < -0.39 is 18.8 Å². The van der Waals surface area contributed by atoms with Gasteiger partial charge in [-0.1, -0.05) is 35.5 Å². The lowest BCUT2D eigenvalue weighted by Gasteiger charge is -2.17. The molecule has 2 N–H and O–H groups in total. The Kier molecular flexibility index (Phi) is 8.88. The fourth-order valence-electron chi connectivity index (χ4n) is 1.90. The summed E-state index contributed by atoms with van der Waals surface area (Å²) in [5.74, 6) is -0.413. The fraction of sp³-hybridized carbons (Fsp3) is 0.533. The number of hydrogen-bond acceptors (Lipinski definition) is 3. The number of Topliss-reactive ketones (excluding diaryl/α,β-unsaturated/α-hetero) is 1. The Morgan fingerprint density at radius 2 is 1.86 bits per heavy atom. The van der Waals surface area contributed by atoms with Crippen molar-refractivity contribution in [3.8, 4) is 0 Å². The van der Waals surface area contributed by atoms with Crippen molar-refractivity contribution < 1.29 is 23.1 Å². The number of benzene rings is 1. The Morgan fingerprint density at radius 1 is 1.32 bits per heavy atom. The molecular weight excluding hydrogens is 363 g/mol. The molecule has 22 heavy (non-hydrogen) atoms. The predicted octanol–water partition coefficient (Wildman–Crippen LogP) is 3.66. The number of carbonyl (C=O) groups excluding carboxylic acids is 1. The van der Waals surface area contributed by atoms with Crippen molar-refractivity contribution in [1.29, 1.82) is 0 Å². The zero-order valence-electron chi connectivity index (χ0n) is 11.5. The third-order valence-electron chi connectivity index (χ3n) is 3.09. The molecule has 126 valence electrons. The van der Waals surface area contributed by atoms with Crippen LogP contribution in [0.1, 0.15) is 32.3 Å². The molecule has 0 heterocycles. The van der Waals surface area contributed by atoms with Gasteiger partial charge in [0.1, 0.15) is 5.78 Å². The molecule has 1 aromatic rings. The Bertz CT molecular complexity index is 463. The predicted molar refractivity (Wildman–Crippen MR) is 83.8 cm³/mol. The van der Waals surface area contributed by atoms with Crippen molar-refractivity contribution in [3.05, 3.63) is 34.3 Å². The molecule has 0 saturated carbocycles. The molecule has 0 aromatic heterocycles. The molecule has 0 aliphatic heterocycles. The lowest BCUT2D eigenvalue weighted by atomic mass is 9.92. The van der Waals surface area contributed by atoms with Crippen LogP contribution in [-0.2, 0) is 4.79 Å². The average Bonchev–Trinajstić information content (AvgIpc) is 2.38. The Labute approximate surface area is 137 Å². The van der Waals surface area contributed by atoms with Gasteiger partial charge in [-0.2, -0.15) is 13.2 Å². The topological polar surface area (TPSA) is 49.3 Å². The van der Waals surface area contributed by atoms with Crippen LogP contribution in [0.3, 0.4) is 0 Å². The highest BCUT2D eigenvalue weighted by atomic mass is 79.9. The number of rotatable bonds is 7. The monoisotopic (exact) mass is 383 g/mol. The Morgan fingerprint density at radius 3 is 2.32 bits per heavy atom. The molecule has 1 rings (SSSR count). The summed E-state index contributed by atoms with van der Waals surface area (Å²) >= 11 is 3.30.